The molecule has 0 amide bonds. The van der Waals surface area contributed by atoms with E-state index in [9.17, 15) is 26.7 Å². The average Bonchev–Trinajstić information content (AvgIpc) is 2.23. The molecular weight excluding hydrogens is 261 g/mol. The number of esters is 1. The molecule has 1 spiro atoms. The van der Waals surface area contributed by atoms with Gasteiger partial charge in [0.2, 0.25) is 5.92 Å². The summed E-state index contributed by atoms with van der Waals surface area (Å²) < 4.78 is 66.3. The van der Waals surface area contributed by atoms with Crippen LogP contribution in [0.3, 0.4) is 0 Å². The molecule has 3 nitrogen and oxygen atoms in total. The molecule has 1 N–H and O–H groups in total. The van der Waals surface area contributed by atoms with Gasteiger partial charge in [0.1, 0.15) is 0 Å². The number of nitrogens with one attached hydrogen (secondary N) is 1. The highest BCUT2D eigenvalue weighted by Crippen LogP contribution is 2.49. The van der Waals surface area contributed by atoms with Gasteiger partial charge in [-0.25, -0.2) is 13.6 Å². The van der Waals surface area contributed by atoms with Gasteiger partial charge in [-0.3, -0.25) is 5.32 Å². The van der Waals surface area contributed by atoms with E-state index in [-0.39, 0.29) is 25.7 Å². The minimum atomic E-state index is -5.06. The zero-order chi connectivity index (χ0) is 13.6. The van der Waals surface area contributed by atoms with E-state index in [1.54, 1.807) is 0 Å². The van der Waals surface area contributed by atoms with Gasteiger partial charge in [0.25, 0.3) is 0 Å². The predicted molar refractivity (Wildman–Crippen MR) is 49.8 cm³/mol. The Hall–Kier alpha value is -0.920. The number of rotatable bonds is 1. The number of hydrogen-bond donors (Lipinski definition) is 1. The lowest BCUT2D eigenvalue weighted by Gasteiger charge is -2.52. The van der Waals surface area contributed by atoms with Gasteiger partial charge in [0.15, 0.2) is 6.23 Å². The summed E-state index contributed by atoms with van der Waals surface area (Å²) >= 11 is 0. The monoisotopic (exact) mass is 273 g/mol. The first-order valence-electron chi connectivity index (χ1n) is 5.54. The zero-order valence-electron chi connectivity index (χ0n) is 9.32. The summed E-state index contributed by atoms with van der Waals surface area (Å²) in [6.07, 6.45) is -6.81. The van der Waals surface area contributed by atoms with Crippen molar-refractivity contribution in [2.45, 2.75) is 44.0 Å². The van der Waals surface area contributed by atoms with Crippen LogP contribution in [0.1, 0.15) is 25.7 Å². The van der Waals surface area contributed by atoms with E-state index in [1.807, 2.05) is 0 Å². The molecule has 0 bridgehead atoms. The molecular formula is C10H12F5NO2. The third kappa shape index (κ3) is 2.43. The van der Waals surface area contributed by atoms with Crippen LogP contribution in [0, 0.1) is 5.41 Å². The van der Waals surface area contributed by atoms with Crippen LogP contribution >= 0.6 is 0 Å². The molecule has 0 aromatic rings. The summed E-state index contributed by atoms with van der Waals surface area (Å²) in [6.45, 7) is 0.304. The summed E-state index contributed by atoms with van der Waals surface area (Å²) in [5.41, 5.74) is -0.761. The normalized spacial score (nSPS) is 29.7. The molecule has 104 valence electrons. The lowest BCUT2D eigenvalue weighted by atomic mass is 9.67. The van der Waals surface area contributed by atoms with E-state index in [0.717, 1.165) is 0 Å². The number of halogens is 5. The molecule has 1 saturated heterocycles. The minimum absolute atomic E-state index is 0.0583. The zero-order valence-corrected chi connectivity index (χ0v) is 9.32. The Balaban J connectivity index is 1.95. The highest BCUT2D eigenvalue weighted by Gasteiger charge is 2.56. The molecule has 2 fully saturated rings. The molecule has 0 aromatic heterocycles. The Bertz CT molecular complexity index is 345. The summed E-state index contributed by atoms with van der Waals surface area (Å²) in [7, 11) is 0. The smallest absolute Gasteiger partial charge is 0.439 e. The van der Waals surface area contributed by atoms with Crippen molar-refractivity contribution in [1.29, 1.82) is 0 Å². The molecule has 0 radical (unpaired) electrons. The van der Waals surface area contributed by atoms with Gasteiger partial charge in [-0.1, -0.05) is 0 Å². The van der Waals surface area contributed by atoms with Crippen molar-refractivity contribution in [2.24, 2.45) is 5.41 Å². The van der Waals surface area contributed by atoms with E-state index in [4.69, 9.17) is 0 Å². The summed E-state index contributed by atoms with van der Waals surface area (Å²) in [5, 5.41) is 2.55. The van der Waals surface area contributed by atoms with Crippen LogP contribution in [-0.4, -0.2) is 30.8 Å². The van der Waals surface area contributed by atoms with Gasteiger partial charge < -0.3 is 4.74 Å². The Kier molecular flexibility index (Phi) is 3.03. The van der Waals surface area contributed by atoms with Gasteiger partial charge in [0, 0.05) is 24.8 Å². The summed E-state index contributed by atoms with van der Waals surface area (Å²) in [5.74, 6) is -5.05. The van der Waals surface area contributed by atoms with Crippen LogP contribution in [0.15, 0.2) is 0 Å². The van der Waals surface area contributed by atoms with Crippen molar-refractivity contribution in [1.82, 2.24) is 5.32 Å². The fraction of sp³-hybridized carbons (Fsp3) is 0.900. The molecule has 1 atom stereocenters. The van der Waals surface area contributed by atoms with Gasteiger partial charge >= 0.3 is 12.1 Å². The van der Waals surface area contributed by atoms with Gasteiger partial charge in [-0.15, -0.1) is 0 Å². The van der Waals surface area contributed by atoms with Crippen LogP contribution in [0.4, 0.5) is 22.0 Å². The first kappa shape index (κ1) is 13.5. The summed E-state index contributed by atoms with van der Waals surface area (Å²) in [6, 6.07) is 0. The topological polar surface area (TPSA) is 38.3 Å². The van der Waals surface area contributed by atoms with Crippen molar-refractivity contribution in [2.75, 3.05) is 6.54 Å². The van der Waals surface area contributed by atoms with Crippen molar-refractivity contribution >= 4 is 5.97 Å². The first-order valence-corrected chi connectivity index (χ1v) is 5.54. The lowest BCUT2D eigenvalue weighted by molar-refractivity contribution is -0.228. The van der Waals surface area contributed by atoms with E-state index in [0.29, 0.717) is 6.54 Å². The Labute approximate surface area is 99.7 Å². The maximum Gasteiger partial charge on any atom is 0.490 e. The van der Waals surface area contributed by atoms with Crippen molar-refractivity contribution in [3.8, 4) is 0 Å². The number of carbonyl (C=O) groups excluding carboxylic acids is 1. The number of hydrogen-bond acceptors (Lipinski definition) is 3. The number of carbonyl (C=O) groups is 1. The molecule has 18 heavy (non-hydrogen) atoms. The molecule has 1 aliphatic heterocycles. The van der Waals surface area contributed by atoms with Crippen LogP contribution in [-0.2, 0) is 9.53 Å². The van der Waals surface area contributed by atoms with Crippen LogP contribution < -0.4 is 5.32 Å². The van der Waals surface area contributed by atoms with Crippen LogP contribution in [0.25, 0.3) is 0 Å². The standard InChI is InChI=1S/C10H12F5NO2/c11-9(12)3-1-8(2-4-9)5-16-6(8)18-7(17)10(13,14)15/h6,16H,1-5H2. The molecule has 1 heterocycles. The molecule has 2 aliphatic rings. The Morgan fingerprint density at radius 2 is 1.72 bits per heavy atom. The fourth-order valence-corrected chi connectivity index (χ4v) is 2.37. The molecule has 1 aliphatic carbocycles. The van der Waals surface area contributed by atoms with Crippen LogP contribution in [0.5, 0.6) is 0 Å². The van der Waals surface area contributed by atoms with Gasteiger partial charge in [-0.2, -0.15) is 13.2 Å². The highest BCUT2D eigenvalue weighted by atomic mass is 19.4. The lowest BCUT2D eigenvalue weighted by Crippen LogP contribution is -2.66. The van der Waals surface area contributed by atoms with Crippen molar-refractivity contribution in [3.63, 3.8) is 0 Å². The van der Waals surface area contributed by atoms with E-state index >= 15 is 0 Å². The van der Waals surface area contributed by atoms with Gasteiger partial charge in [-0.05, 0) is 12.8 Å². The second-order valence-corrected chi connectivity index (χ2v) is 4.88. The van der Waals surface area contributed by atoms with Crippen molar-refractivity contribution < 1.29 is 31.5 Å². The second kappa shape index (κ2) is 4.04. The largest absolute Gasteiger partial charge is 0.490 e. The van der Waals surface area contributed by atoms with Gasteiger partial charge in [0.05, 0.1) is 0 Å². The Morgan fingerprint density at radius 1 is 1.17 bits per heavy atom. The van der Waals surface area contributed by atoms with Crippen LogP contribution in [0.2, 0.25) is 0 Å². The molecule has 1 unspecified atom stereocenters. The first-order chi connectivity index (χ1) is 8.15. The van der Waals surface area contributed by atoms with E-state index in [2.05, 4.69) is 10.1 Å². The summed E-state index contributed by atoms with van der Waals surface area (Å²) in [4.78, 5) is 10.7. The maximum absolute atomic E-state index is 13.0. The fourth-order valence-electron chi connectivity index (χ4n) is 2.37. The maximum atomic E-state index is 13.0. The SMILES string of the molecule is O=C(OC1NCC12CCC(F)(F)CC2)C(F)(F)F. The minimum Gasteiger partial charge on any atom is -0.439 e. The highest BCUT2D eigenvalue weighted by molar-refractivity contribution is 5.75. The number of alkyl halides is 5. The molecule has 1 saturated carbocycles. The quantitative estimate of drug-likeness (QED) is 0.588. The third-order valence-electron chi connectivity index (χ3n) is 3.63. The number of ether oxygens (including phenoxy) is 1. The predicted octanol–water partition coefficient (Wildman–Crippen LogP) is 2.22. The third-order valence-corrected chi connectivity index (χ3v) is 3.63. The van der Waals surface area contributed by atoms with Crippen molar-refractivity contribution in [3.05, 3.63) is 0 Å². The van der Waals surface area contributed by atoms with E-state index in [1.165, 1.54) is 0 Å². The molecule has 8 heteroatoms. The van der Waals surface area contributed by atoms with E-state index < -0.39 is 29.7 Å². The Morgan fingerprint density at radius 3 is 2.11 bits per heavy atom. The second-order valence-electron chi connectivity index (χ2n) is 4.88. The average molecular weight is 273 g/mol. The molecule has 2 rings (SSSR count). The molecule has 0 aromatic carbocycles.